The molecule has 0 bridgehead atoms. The van der Waals surface area contributed by atoms with Crippen LogP contribution in [0.15, 0.2) is 117 Å². The molecule has 2 N–H and O–H groups in total. The molecule has 5 heteroatoms. The number of aromatic nitrogens is 3. The molecule has 2 aromatic heterocycles. The SMILES string of the molecule is C=Cc1ccnc(NC(=C)c2ccc(-c3cc(-c4cccc(NC(=C)C)c4)c4ncncc4c3)cc2)c1. The van der Waals surface area contributed by atoms with E-state index in [1.54, 1.807) is 18.6 Å². The van der Waals surface area contributed by atoms with Gasteiger partial charge in [0.25, 0.3) is 0 Å². The van der Waals surface area contributed by atoms with Gasteiger partial charge in [0.05, 0.1) is 5.52 Å². The lowest BCUT2D eigenvalue weighted by atomic mass is 9.95. The number of nitrogens with one attached hydrogen (secondary N) is 2. The predicted molar refractivity (Wildman–Crippen MR) is 156 cm³/mol. The molecule has 5 rings (SSSR count). The van der Waals surface area contributed by atoms with Gasteiger partial charge in [-0.05, 0) is 71.1 Å². The fourth-order valence-corrected chi connectivity index (χ4v) is 4.23. The van der Waals surface area contributed by atoms with Gasteiger partial charge in [-0.1, -0.05) is 62.2 Å². The maximum Gasteiger partial charge on any atom is 0.130 e. The second-order valence-electron chi connectivity index (χ2n) is 8.83. The topological polar surface area (TPSA) is 62.7 Å². The Morgan fingerprint density at radius 2 is 1.68 bits per heavy atom. The lowest BCUT2D eigenvalue weighted by Gasteiger charge is -2.13. The van der Waals surface area contributed by atoms with Crippen molar-refractivity contribution in [3.63, 3.8) is 0 Å². The van der Waals surface area contributed by atoms with Crippen LogP contribution in [-0.4, -0.2) is 15.0 Å². The summed E-state index contributed by atoms with van der Waals surface area (Å²) in [6.45, 7) is 13.9. The van der Waals surface area contributed by atoms with Crippen molar-refractivity contribution in [1.29, 1.82) is 0 Å². The third kappa shape index (κ3) is 5.31. The molecular weight excluding hydrogens is 454 g/mol. The minimum atomic E-state index is 0.731. The zero-order valence-electron chi connectivity index (χ0n) is 20.7. The van der Waals surface area contributed by atoms with E-state index < -0.39 is 0 Å². The summed E-state index contributed by atoms with van der Waals surface area (Å²) in [5.41, 5.74) is 9.83. The molecule has 0 saturated carbocycles. The largest absolute Gasteiger partial charge is 0.360 e. The van der Waals surface area contributed by atoms with E-state index in [2.05, 4.69) is 93.9 Å². The average molecular weight is 482 g/mol. The van der Waals surface area contributed by atoms with Crippen LogP contribution in [0.5, 0.6) is 0 Å². The third-order valence-corrected chi connectivity index (χ3v) is 6.00. The number of hydrogen-bond donors (Lipinski definition) is 2. The van der Waals surface area contributed by atoms with Crippen molar-refractivity contribution in [2.24, 2.45) is 0 Å². The van der Waals surface area contributed by atoms with Crippen LogP contribution in [0.25, 0.3) is 44.9 Å². The Labute approximate surface area is 217 Å². The summed E-state index contributed by atoms with van der Waals surface area (Å²) in [5, 5.41) is 7.57. The molecule has 5 aromatic rings. The van der Waals surface area contributed by atoms with Crippen LogP contribution in [0.4, 0.5) is 11.5 Å². The number of anilines is 2. The zero-order chi connectivity index (χ0) is 25.8. The van der Waals surface area contributed by atoms with Crippen LogP contribution in [0.2, 0.25) is 0 Å². The van der Waals surface area contributed by atoms with Gasteiger partial charge in [0.15, 0.2) is 0 Å². The molecule has 0 aliphatic rings. The summed E-state index contributed by atoms with van der Waals surface area (Å²) in [4.78, 5) is 13.2. The number of rotatable bonds is 8. The van der Waals surface area contributed by atoms with E-state index in [0.717, 1.165) is 67.2 Å². The fraction of sp³-hybridized carbons (Fsp3) is 0.0312. The van der Waals surface area contributed by atoms with Crippen molar-refractivity contribution in [3.05, 3.63) is 128 Å². The molecule has 2 heterocycles. The highest BCUT2D eigenvalue weighted by Crippen LogP contribution is 2.34. The normalized spacial score (nSPS) is 10.6. The Bertz CT molecular complexity index is 1630. The predicted octanol–water partition coefficient (Wildman–Crippen LogP) is 8.03. The maximum absolute atomic E-state index is 4.59. The van der Waals surface area contributed by atoms with E-state index >= 15 is 0 Å². The number of pyridine rings is 1. The van der Waals surface area contributed by atoms with Gasteiger partial charge < -0.3 is 10.6 Å². The average Bonchev–Trinajstić information content (AvgIpc) is 2.92. The summed E-state index contributed by atoms with van der Waals surface area (Å²) in [6, 6.07) is 24.8. The molecule has 0 saturated heterocycles. The first-order valence-electron chi connectivity index (χ1n) is 11.9. The number of benzene rings is 3. The highest BCUT2D eigenvalue weighted by Gasteiger charge is 2.11. The minimum Gasteiger partial charge on any atom is -0.360 e. The summed E-state index contributed by atoms with van der Waals surface area (Å²) in [5.74, 6) is 0.731. The van der Waals surface area contributed by atoms with Gasteiger partial charge in [0.2, 0.25) is 0 Å². The second-order valence-corrected chi connectivity index (χ2v) is 8.83. The minimum absolute atomic E-state index is 0.731. The van der Waals surface area contributed by atoms with Crippen LogP contribution in [0, 0.1) is 0 Å². The van der Waals surface area contributed by atoms with E-state index in [-0.39, 0.29) is 0 Å². The molecule has 37 heavy (non-hydrogen) atoms. The van der Waals surface area contributed by atoms with Gasteiger partial charge in [-0.15, -0.1) is 0 Å². The van der Waals surface area contributed by atoms with E-state index in [1.165, 1.54) is 0 Å². The molecular formula is C32H27N5. The standard InChI is InChI=1S/C32H27N5/c1-5-23-13-14-34-31(15-23)37-22(4)24-9-11-25(12-10-24)27-16-28-19-33-20-35-32(28)30(18-27)26-7-6-8-29(17-26)36-21(2)3/h5-20,36H,1-2,4H2,3H3,(H,34,37). The van der Waals surface area contributed by atoms with Crippen molar-refractivity contribution in [2.75, 3.05) is 10.6 Å². The van der Waals surface area contributed by atoms with Crippen molar-refractivity contribution in [2.45, 2.75) is 6.92 Å². The van der Waals surface area contributed by atoms with Gasteiger partial charge in [-0.3, -0.25) is 0 Å². The summed E-state index contributed by atoms with van der Waals surface area (Å²) in [6.07, 6.45) is 6.99. The van der Waals surface area contributed by atoms with E-state index in [1.807, 2.05) is 37.4 Å². The van der Waals surface area contributed by atoms with Gasteiger partial charge in [0, 0.05) is 40.4 Å². The third-order valence-electron chi connectivity index (χ3n) is 6.00. The summed E-state index contributed by atoms with van der Waals surface area (Å²) in [7, 11) is 0. The Kier molecular flexibility index (Phi) is 6.60. The molecule has 0 spiro atoms. The Morgan fingerprint density at radius 1 is 0.838 bits per heavy atom. The van der Waals surface area contributed by atoms with Gasteiger partial charge in [-0.25, -0.2) is 15.0 Å². The van der Waals surface area contributed by atoms with Crippen LogP contribution in [0.1, 0.15) is 18.1 Å². The first-order valence-corrected chi connectivity index (χ1v) is 11.9. The lowest BCUT2D eigenvalue weighted by Crippen LogP contribution is -1.99. The molecule has 3 aromatic carbocycles. The highest BCUT2D eigenvalue weighted by molar-refractivity contribution is 5.97. The summed E-state index contributed by atoms with van der Waals surface area (Å²) >= 11 is 0. The van der Waals surface area contributed by atoms with E-state index in [4.69, 9.17) is 0 Å². The number of nitrogens with zero attached hydrogens (tertiary/aromatic N) is 3. The number of allylic oxidation sites excluding steroid dienone is 1. The fourth-order valence-electron chi connectivity index (χ4n) is 4.23. The molecule has 0 aliphatic carbocycles. The highest BCUT2D eigenvalue weighted by atomic mass is 15.0. The van der Waals surface area contributed by atoms with Gasteiger partial charge in [0.1, 0.15) is 12.1 Å². The first-order chi connectivity index (χ1) is 18.0. The van der Waals surface area contributed by atoms with Crippen LogP contribution in [0.3, 0.4) is 0 Å². The smallest absolute Gasteiger partial charge is 0.130 e. The Morgan fingerprint density at radius 3 is 2.46 bits per heavy atom. The van der Waals surface area contributed by atoms with Crippen molar-refractivity contribution < 1.29 is 0 Å². The van der Waals surface area contributed by atoms with Crippen LogP contribution in [-0.2, 0) is 0 Å². The van der Waals surface area contributed by atoms with Crippen molar-refractivity contribution >= 4 is 34.2 Å². The Hall–Kier alpha value is -5.03. The number of hydrogen-bond acceptors (Lipinski definition) is 5. The van der Waals surface area contributed by atoms with Crippen LogP contribution >= 0.6 is 0 Å². The van der Waals surface area contributed by atoms with E-state index in [0.29, 0.717) is 0 Å². The molecule has 0 radical (unpaired) electrons. The first kappa shape index (κ1) is 23.7. The molecule has 0 amide bonds. The molecule has 0 fully saturated rings. The number of fused-ring (bicyclic) bond motifs is 1. The van der Waals surface area contributed by atoms with Gasteiger partial charge >= 0.3 is 0 Å². The molecule has 0 atom stereocenters. The quantitative estimate of drug-likeness (QED) is 0.235. The maximum atomic E-state index is 4.59. The molecule has 5 nitrogen and oxygen atoms in total. The summed E-state index contributed by atoms with van der Waals surface area (Å²) < 4.78 is 0. The van der Waals surface area contributed by atoms with Crippen molar-refractivity contribution in [3.8, 4) is 22.3 Å². The zero-order valence-corrected chi connectivity index (χ0v) is 20.7. The van der Waals surface area contributed by atoms with Crippen LogP contribution < -0.4 is 10.6 Å². The van der Waals surface area contributed by atoms with E-state index in [9.17, 15) is 0 Å². The van der Waals surface area contributed by atoms with Gasteiger partial charge in [-0.2, -0.15) is 0 Å². The van der Waals surface area contributed by atoms with Crippen molar-refractivity contribution in [1.82, 2.24) is 15.0 Å². The lowest BCUT2D eigenvalue weighted by molar-refractivity contribution is 1.22. The molecule has 0 unspecified atom stereocenters. The Balaban J connectivity index is 1.48. The molecule has 180 valence electrons. The second kappa shape index (κ2) is 10.3. The molecule has 0 aliphatic heterocycles. The monoisotopic (exact) mass is 481 g/mol.